The maximum Gasteiger partial charge on any atom is 0.338 e. The van der Waals surface area contributed by atoms with E-state index in [9.17, 15) is 13.6 Å². The van der Waals surface area contributed by atoms with Crippen LogP contribution < -0.4 is 5.73 Å². The van der Waals surface area contributed by atoms with Gasteiger partial charge in [-0.15, -0.1) is 0 Å². The molecule has 0 atom stereocenters. The number of hydrogen-bond donors (Lipinski definition) is 3. The van der Waals surface area contributed by atoms with Crippen LogP contribution in [0.4, 0.5) is 8.78 Å². The molecule has 0 spiro atoms. The topological polar surface area (TPSA) is 92.0 Å². The highest BCUT2D eigenvalue weighted by atomic mass is 19.2. The van der Waals surface area contributed by atoms with Crippen LogP contribution in [0.5, 0.6) is 0 Å². The van der Waals surface area contributed by atoms with Crippen molar-refractivity contribution in [1.29, 1.82) is 0 Å². The van der Waals surface area contributed by atoms with Crippen LogP contribution in [-0.4, -0.2) is 27.6 Å². The summed E-state index contributed by atoms with van der Waals surface area (Å²) in [5.74, 6) is -3.42. The third-order valence-corrected chi connectivity index (χ3v) is 2.32. The van der Waals surface area contributed by atoms with Crippen LogP contribution in [0.3, 0.4) is 0 Å². The van der Waals surface area contributed by atoms with Gasteiger partial charge in [-0.05, 0) is 12.6 Å². The molecular formula is C10H9F2N3O2. The molecule has 1 heterocycles. The fourth-order valence-electron chi connectivity index (χ4n) is 1.58. The highest BCUT2D eigenvalue weighted by Gasteiger charge is 2.19. The van der Waals surface area contributed by atoms with E-state index in [1.807, 2.05) is 0 Å². The van der Waals surface area contributed by atoms with Gasteiger partial charge in [-0.3, -0.25) is 0 Å². The number of carboxylic acids is 1. The number of imidazole rings is 1. The summed E-state index contributed by atoms with van der Waals surface area (Å²) in [6.45, 7) is 0.270. The molecule has 0 radical (unpaired) electrons. The summed E-state index contributed by atoms with van der Waals surface area (Å²) in [6, 6.07) is 0.629. The summed E-state index contributed by atoms with van der Waals surface area (Å²) in [7, 11) is 0. The van der Waals surface area contributed by atoms with Crippen molar-refractivity contribution in [1.82, 2.24) is 9.97 Å². The van der Waals surface area contributed by atoms with Crippen molar-refractivity contribution in [2.75, 3.05) is 6.54 Å². The van der Waals surface area contributed by atoms with E-state index in [0.717, 1.165) is 0 Å². The first-order valence-corrected chi connectivity index (χ1v) is 4.84. The molecule has 5 nitrogen and oxygen atoms in total. The smallest absolute Gasteiger partial charge is 0.338 e. The van der Waals surface area contributed by atoms with Gasteiger partial charge < -0.3 is 15.8 Å². The lowest BCUT2D eigenvalue weighted by molar-refractivity contribution is 0.0698. The summed E-state index contributed by atoms with van der Waals surface area (Å²) >= 11 is 0. The van der Waals surface area contributed by atoms with E-state index >= 15 is 0 Å². The van der Waals surface area contributed by atoms with Crippen LogP contribution in [0.15, 0.2) is 6.07 Å². The van der Waals surface area contributed by atoms with E-state index < -0.39 is 17.6 Å². The van der Waals surface area contributed by atoms with Crippen LogP contribution in [0.25, 0.3) is 11.0 Å². The predicted octanol–water partition coefficient (Wildman–Crippen LogP) is 1.04. The van der Waals surface area contributed by atoms with Crippen molar-refractivity contribution in [2.24, 2.45) is 5.73 Å². The van der Waals surface area contributed by atoms with Crippen molar-refractivity contribution in [3.05, 3.63) is 29.1 Å². The van der Waals surface area contributed by atoms with E-state index in [1.54, 1.807) is 0 Å². The number of H-pyrrole nitrogens is 1. The number of nitrogens with two attached hydrogens (primary N) is 1. The zero-order valence-electron chi connectivity index (χ0n) is 8.63. The number of aromatic nitrogens is 2. The van der Waals surface area contributed by atoms with Crippen molar-refractivity contribution in [3.63, 3.8) is 0 Å². The predicted molar refractivity (Wildman–Crippen MR) is 55.7 cm³/mol. The normalized spacial score (nSPS) is 11.0. The summed E-state index contributed by atoms with van der Waals surface area (Å²) in [5, 5.41) is 8.88. The first kappa shape index (κ1) is 11.5. The Morgan fingerprint density at radius 2 is 2.24 bits per heavy atom. The van der Waals surface area contributed by atoms with Crippen LogP contribution in [-0.2, 0) is 6.42 Å². The first-order valence-electron chi connectivity index (χ1n) is 4.84. The Morgan fingerprint density at radius 1 is 1.53 bits per heavy atom. The Kier molecular flexibility index (Phi) is 2.76. The minimum Gasteiger partial charge on any atom is -0.478 e. The second kappa shape index (κ2) is 4.10. The molecule has 0 saturated carbocycles. The van der Waals surface area contributed by atoms with Crippen molar-refractivity contribution in [2.45, 2.75) is 6.42 Å². The fourth-order valence-corrected chi connectivity index (χ4v) is 1.58. The molecule has 0 bridgehead atoms. The standard InChI is InChI=1S/C10H9F2N3O2/c11-5-3-4(10(16)17)8-9(7(5)12)15-6(14-8)1-2-13/h3H,1-2,13H2,(H,14,15)(H,16,17). The first-order chi connectivity index (χ1) is 8.04. The van der Waals surface area contributed by atoms with Gasteiger partial charge in [-0.1, -0.05) is 0 Å². The lowest BCUT2D eigenvalue weighted by atomic mass is 10.1. The Hall–Kier alpha value is -2.02. The van der Waals surface area contributed by atoms with E-state index in [0.29, 0.717) is 18.3 Å². The number of nitrogens with zero attached hydrogens (tertiary/aromatic N) is 1. The largest absolute Gasteiger partial charge is 0.478 e. The monoisotopic (exact) mass is 241 g/mol. The number of rotatable bonds is 3. The molecule has 7 heteroatoms. The maximum atomic E-state index is 13.4. The second-order valence-electron chi connectivity index (χ2n) is 3.47. The summed E-state index contributed by atoms with van der Waals surface area (Å²) < 4.78 is 26.6. The van der Waals surface area contributed by atoms with Gasteiger partial charge in [0.15, 0.2) is 11.6 Å². The molecule has 2 rings (SSSR count). The lowest BCUT2D eigenvalue weighted by Gasteiger charge is -1.98. The molecule has 4 N–H and O–H groups in total. The molecule has 0 aliphatic heterocycles. The molecule has 1 aromatic carbocycles. The average molecular weight is 241 g/mol. The van der Waals surface area contributed by atoms with E-state index in [4.69, 9.17) is 10.8 Å². The van der Waals surface area contributed by atoms with Crippen LogP contribution in [0, 0.1) is 11.6 Å². The highest BCUT2D eigenvalue weighted by Crippen LogP contribution is 2.22. The van der Waals surface area contributed by atoms with Crippen molar-refractivity contribution < 1.29 is 18.7 Å². The number of carbonyl (C=O) groups is 1. The number of aromatic amines is 1. The SMILES string of the molecule is NCCc1nc2c(F)c(F)cc(C(=O)O)c2[nH]1. The van der Waals surface area contributed by atoms with Crippen LogP contribution >= 0.6 is 0 Å². The summed E-state index contributed by atoms with van der Waals surface area (Å²) in [5.41, 5.74) is 4.61. The molecule has 2 aromatic rings. The fraction of sp³-hybridized carbons (Fsp3) is 0.200. The third kappa shape index (κ3) is 1.84. The van der Waals surface area contributed by atoms with Gasteiger partial charge in [0.25, 0.3) is 0 Å². The number of benzene rings is 1. The van der Waals surface area contributed by atoms with Crippen molar-refractivity contribution in [3.8, 4) is 0 Å². The van der Waals surface area contributed by atoms with Gasteiger partial charge in [-0.25, -0.2) is 18.6 Å². The molecule has 90 valence electrons. The number of fused-ring (bicyclic) bond motifs is 1. The number of carboxylic acid groups (broad SMARTS) is 1. The Balaban J connectivity index is 2.75. The van der Waals surface area contributed by atoms with E-state index in [1.165, 1.54) is 0 Å². The Bertz CT molecular complexity index is 595. The van der Waals surface area contributed by atoms with Gasteiger partial charge in [0.2, 0.25) is 0 Å². The van der Waals surface area contributed by atoms with E-state index in [2.05, 4.69) is 9.97 Å². The highest BCUT2D eigenvalue weighted by molar-refractivity contribution is 6.01. The average Bonchev–Trinajstić information content (AvgIpc) is 2.67. The zero-order chi connectivity index (χ0) is 12.6. The Labute approximate surface area is 94.3 Å². The second-order valence-corrected chi connectivity index (χ2v) is 3.47. The Morgan fingerprint density at radius 3 is 2.82 bits per heavy atom. The molecule has 0 unspecified atom stereocenters. The molecule has 0 aliphatic carbocycles. The quantitative estimate of drug-likeness (QED) is 0.748. The number of hydrogen-bond acceptors (Lipinski definition) is 3. The molecular weight excluding hydrogens is 232 g/mol. The molecule has 17 heavy (non-hydrogen) atoms. The summed E-state index contributed by atoms with van der Waals surface area (Å²) in [6.07, 6.45) is 0.328. The van der Waals surface area contributed by atoms with Crippen LogP contribution in [0.2, 0.25) is 0 Å². The van der Waals surface area contributed by atoms with Gasteiger partial charge in [-0.2, -0.15) is 0 Å². The number of nitrogens with one attached hydrogen (secondary N) is 1. The number of halogens is 2. The minimum absolute atomic E-state index is 0.0279. The summed E-state index contributed by atoms with van der Waals surface area (Å²) in [4.78, 5) is 17.3. The molecule has 0 amide bonds. The van der Waals surface area contributed by atoms with Gasteiger partial charge >= 0.3 is 5.97 Å². The van der Waals surface area contributed by atoms with Gasteiger partial charge in [0, 0.05) is 6.42 Å². The van der Waals surface area contributed by atoms with Crippen molar-refractivity contribution >= 4 is 17.0 Å². The molecule has 0 saturated heterocycles. The zero-order valence-corrected chi connectivity index (χ0v) is 8.63. The van der Waals surface area contributed by atoms with Gasteiger partial charge in [0.05, 0.1) is 11.1 Å². The molecule has 0 fully saturated rings. The van der Waals surface area contributed by atoms with Gasteiger partial charge in [0.1, 0.15) is 11.3 Å². The maximum absolute atomic E-state index is 13.4. The molecule has 0 aliphatic rings. The number of aromatic carboxylic acids is 1. The van der Waals surface area contributed by atoms with Crippen LogP contribution in [0.1, 0.15) is 16.2 Å². The third-order valence-electron chi connectivity index (χ3n) is 2.32. The minimum atomic E-state index is -1.35. The molecule has 1 aromatic heterocycles. The lowest BCUT2D eigenvalue weighted by Crippen LogP contribution is -2.03. The van der Waals surface area contributed by atoms with E-state index in [-0.39, 0.29) is 23.1 Å².